The number of aromatic nitrogens is 6. The molecule has 0 radical (unpaired) electrons. The summed E-state index contributed by atoms with van der Waals surface area (Å²) < 4.78 is 28.1. The lowest BCUT2D eigenvalue weighted by Gasteiger charge is -2.17. The molecule has 0 aliphatic heterocycles. The van der Waals surface area contributed by atoms with Crippen molar-refractivity contribution in [2.24, 2.45) is 0 Å². The summed E-state index contributed by atoms with van der Waals surface area (Å²) in [7, 11) is 3.21. The lowest BCUT2D eigenvalue weighted by molar-refractivity contribution is 0.0395. The van der Waals surface area contributed by atoms with Crippen LogP contribution in [0.5, 0.6) is 11.5 Å². The summed E-state index contributed by atoms with van der Waals surface area (Å²) in [6.07, 6.45) is 1.33. The molecule has 0 bridgehead atoms. The number of imidazole rings is 1. The first-order valence-electron chi connectivity index (χ1n) is 16.7. The van der Waals surface area contributed by atoms with Crippen molar-refractivity contribution >= 4 is 5.97 Å². The zero-order valence-corrected chi connectivity index (χ0v) is 29.9. The molecule has 3 heterocycles. The second-order valence-electron chi connectivity index (χ2n) is 12.7. The van der Waals surface area contributed by atoms with E-state index in [0.29, 0.717) is 36.1 Å². The van der Waals surface area contributed by atoms with Crippen molar-refractivity contribution in [3.05, 3.63) is 117 Å². The van der Waals surface area contributed by atoms with Gasteiger partial charge in [-0.25, -0.2) is 14.6 Å². The van der Waals surface area contributed by atoms with Crippen LogP contribution in [0.25, 0.3) is 22.5 Å². The summed E-state index contributed by atoms with van der Waals surface area (Å²) in [5.74, 6) is 1.19. The maximum atomic E-state index is 13.6. The fraction of sp³-hybridized carbons (Fsp3) is 0.316. The Bertz CT molecular complexity index is 2240. The van der Waals surface area contributed by atoms with E-state index in [1.54, 1.807) is 39.6 Å². The van der Waals surface area contributed by atoms with Gasteiger partial charge in [-0.05, 0) is 61.2 Å². The molecule has 14 nitrogen and oxygen atoms in total. The van der Waals surface area contributed by atoms with Gasteiger partial charge in [-0.2, -0.15) is 4.80 Å². The van der Waals surface area contributed by atoms with Crippen LogP contribution in [0.1, 0.15) is 71.8 Å². The van der Waals surface area contributed by atoms with E-state index in [0.717, 1.165) is 34.2 Å². The molecule has 0 saturated carbocycles. The topological polar surface area (TPSA) is 170 Å². The third-order valence-electron chi connectivity index (χ3n) is 8.50. The maximum Gasteiger partial charge on any atom is 0.519 e. The van der Waals surface area contributed by atoms with Crippen LogP contribution in [0.3, 0.4) is 0 Å². The molecule has 3 aromatic heterocycles. The van der Waals surface area contributed by atoms with Crippen LogP contribution in [0.2, 0.25) is 0 Å². The van der Waals surface area contributed by atoms with E-state index in [1.165, 1.54) is 4.80 Å². The Balaban J connectivity index is 1.27. The highest BCUT2D eigenvalue weighted by Crippen LogP contribution is 2.32. The van der Waals surface area contributed by atoms with Crippen molar-refractivity contribution in [1.82, 2.24) is 29.8 Å². The zero-order valence-electron chi connectivity index (χ0n) is 29.9. The molecule has 0 fully saturated rings. The quantitative estimate of drug-likeness (QED) is 0.137. The van der Waals surface area contributed by atoms with Crippen LogP contribution in [0, 0.1) is 6.92 Å². The number of ether oxygens (including phenoxy) is 3. The molecule has 0 unspecified atom stereocenters. The number of hydrogen-bond donors (Lipinski definition) is 1. The van der Waals surface area contributed by atoms with E-state index in [1.807, 2.05) is 73.7 Å². The van der Waals surface area contributed by atoms with Crippen molar-refractivity contribution in [2.75, 3.05) is 14.2 Å². The van der Waals surface area contributed by atoms with E-state index in [-0.39, 0.29) is 36.1 Å². The minimum atomic E-state index is -1.44. The van der Waals surface area contributed by atoms with Gasteiger partial charge >= 0.3 is 11.8 Å². The van der Waals surface area contributed by atoms with Gasteiger partial charge in [0.25, 0.3) is 0 Å². The second kappa shape index (κ2) is 15.1. The number of hydrogen-bond acceptors (Lipinski definition) is 12. The van der Waals surface area contributed by atoms with Gasteiger partial charge in [0.15, 0.2) is 23.8 Å². The number of rotatable bonds is 14. The van der Waals surface area contributed by atoms with Gasteiger partial charge in [0.1, 0.15) is 28.6 Å². The second-order valence-corrected chi connectivity index (χ2v) is 12.7. The first-order valence-corrected chi connectivity index (χ1v) is 16.7. The largest absolute Gasteiger partial charge is 0.519 e. The number of aryl methyl sites for hydroxylation is 2. The molecule has 0 aliphatic carbocycles. The third kappa shape index (κ3) is 7.66. The monoisotopic (exact) mass is 708 g/mol. The highest BCUT2D eigenvalue weighted by atomic mass is 16.6. The predicted octanol–water partition coefficient (Wildman–Crippen LogP) is 5.71. The Morgan fingerprint density at radius 1 is 0.962 bits per heavy atom. The number of carbonyl (C=O) groups excluding carboxylic acids is 1. The number of nitrogens with zero attached hydrogens (tertiary/aromatic N) is 6. The summed E-state index contributed by atoms with van der Waals surface area (Å²) in [4.78, 5) is 31.4. The molecule has 6 rings (SSSR count). The number of tetrazole rings is 1. The average molecular weight is 709 g/mol. The van der Waals surface area contributed by atoms with Crippen LogP contribution < -0.4 is 15.3 Å². The molecule has 0 atom stereocenters. The first-order chi connectivity index (χ1) is 25.0. The van der Waals surface area contributed by atoms with Gasteiger partial charge in [-0.15, -0.1) is 10.2 Å². The predicted molar refractivity (Wildman–Crippen MR) is 189 cm³/mol. The smallest absolute Gasteiger partial charge is 0.497 e. The Morgan fingerprint density at radius 2 is 1.71 bits per heavy atom. The Hall–Kier alpha value is -6.02. The molecule has 14 heteroatoms. The van der Waals surface area contributed by atoms with E-state index >= 15 is 0 Å². The van der Waals surface area contributed by atoms with Crippen molar-refractivity contribution in [3.63, 3.8) is 0 Å². The highest BCUT2D eigenvalue weighted by Gasteiger charge is 2.33. The van der Waals surface area contributed by atoms with Gasteiger partial charge in [0, 0.05) is 30.2 Å². The normalized spacial score (nSPS) is 11.5. The molecule has 0 aliphatic rings. The molecule has 6 aromatic rings. The summed E-state index contributed by atoms with van der Waals surface area (Å²) >= 11 is 0. The first kappa shape index (κ1) is 35.8. The fourth-order valence-electron chi connectivity index (χ4n) is 5.88. The summed E-state index contributed by atoms with van der Waals surface area (Å²) in [6, 6.07) is 21.4. The third-order valence-corrected chi connectivity index (χ3v) is 8.50. The van der Waals surface area contributed by atoms with Crippen molar-refractivity contribution in [1.29, 1.82) is 0 Å². The van der Waals surface area contributed by atoms with E-state index in [4.69, 9.17) is 28.0 Å². The van der Waals surface area contributed by atoms with Crippen LogP contribution in [0.4, 0.5) is 0 Å². The van der Waals surface area contributed by atoms with Gasteiger partial charge in [-0.3, -0.25) is 0 Å². The molecule has 270 valence electrons. The number of esters is 1. The van der Waals surface area contributed by atoms with Crippen molar-refractivity contribution in [3.8, 4) is 34.0 Å². The van der Waals surface area contributed by atoms with Crippen molar-refractivity contribution < 1.29 is 32.9 Å². The Kier molecular flexibility index (Phi) is 10.4. The molecule has 52 heavy (non-hydrogen) atoms. The summed E-state index contributed by atoms with van der Waals surface area (Å²) in [5.41, 5.74) is 3.31. The van der Waals surface area contributed by atoms with Crippen LogP contribution in [0.15, 0.2) is 80.4 Å². The molecule has 1 N–H and O–H groups in total. The number of benzene rings is 3. The zero-order chi connectivity index (χ0) is 37.0. The van der Waals surface area contributed by atoms with Gasteiger partial charge in [0.2, 0.25) is 5.82 Å². The minimum absolute atomic E-state index is 0.106. The molecular formula is C38H40N6O8. The van der Waals surface area contributed by atoms with Crippen LogP contribution >= 0.6 is 0 Å². The average Bonchev–Trinajstić information content (AvgIpc) is 3.84. The molecular weight excluding hydrogens is 668 g/mol. The summed E-state index contributed by atoms with van der Waals surface area (Å²) in [5, 5.41) is 24.4. The lowest BCUT2D eigenvalue weighted by Crippen LogP contribution is -2.23. The van der Waals surface area contributed by atoms with Gasteiger partial charge in [-0.1, -0.05) is 55.5 Å². The number of methoxy groups -OCH3 is 2. The van der Waals surface area contributed by atoms with E-state index < -0.39 is 17.4 Å². The number of carbonyl (C=O) groups is 1. The van der Waals surface area contributed by atoms with Crippen molar-refractivity contribution in [2.45, 2.75) is 65.8 Å². The highest BCUT2D eigenvalue weighted by molar-refractivity contribution is 5.89. The van der Waals surface area contributed by atoms with Crippen LogP contribution in [-0.4, -0.2) is 55.1 Å². The van der Waals surface area contributed by atoms with Crippen LogP contribution in [-0.2, 0) is 36.5 Å². The molecule has 0 amide bonds. The number of aliphatic hydroxyl groups is 1. The van der Waals surface area contributed by atoms with Gasteiger partial charge < -0.3 is 32.7 Å². The molecule has 0 saturated heterocycles. The van der Waals surface area contributed by atoms with E-state index in [2.05, 4.69) is 15.4 Å². The molecule has 0 spiro atoms. The molecule has 3 aromatic carbocycles. The SMILES string of the molecule is CCCc1nc(C(C)(C)O)c(C(=O)OCc2oc(=O)oc2C)n1Cc1ccc(-c2ccccc2-c2nnn(Cc3ccc(OC)cc3OC)n2)cc1. The van der Waals surface area contributed by atoms with Gasteiger partial charge in [0.05, 0.1) is 20.8 Å². The standard InChI is InChI=1S/C38H40N6O8/c1-7-10-32-39-34(38(3,4)47)33(36(45)50-22-31-23(2)51-37(46)52-31)43(32)20-24-13-15-25(16-14-24)28-11-8-9-12-29(28)35-40-42-44(41-35)21-26-17-18-27(48-5)19-30(26)49-6/h8-9,11-19,47H,7,10,20-22H2,1-6H3. The summed E-state index contributed by atoms with van der Waals surface area (Å²) in [6.45, 7) is 7.03. The fourth-order valence-corrected chi connectivity index (χ4v) is 5.88. The Morgan fingerprint density at radius 3 is 2.37 bits per heavy atom. The Labute approximate surface area is 299 Å². The lowest BCUT2D eigenvalue weighted by atomic mass is 9.98. The van der Waals surface area contributed by atoms with E-state index in [9.17, 15) is 14.7 Å². The minimum Gasteiger partial charge on any atom is -0.497 e. The maximum absolute atomic E-state index is 13.6.